The molecule has 14 rings (SSSR count). The Hall–Kier alpha value is -9.56. The lowest BCUT2D eigenvalue weighted by Crippen LogP contribution is -2.28. The van der Waals surface area contributed by atoms with Gasteiger partial charge in [0.05, 0.1) is 5.41 Å². The van der Waals surface area contributed by atoms with Gasteiger partial charge in [0.15, 0.2) is 0 Å². The molecule has 13 aromatic carbocycles. The second-order valence-corrected chi connectivity index (χ2v) is 19.5. The largest absolute Gasteiger partial charge is 0.310 e. The second-order valence-electron chi connectivity index (χ2n) is 19.5. The highest BCUT2D eigenvalue weighted by molar-refractivity contribution is 6.22. The number of nitrogens with zero attached hydrogens (tertiary/aromatic N) is 1. The van der Waals surface area contributed by atoms with E-state index in [0.29, 0.717) is 0 Å². The van der Waals surface area contributed by atoms with Crippen molar-refractivity contribution in [1.29, 1.82) is 0 Å². The molecule has 0 N–H and O–H groups in total. The standard InChI is InChI=1S/C73H49N/c1-5-21-53(22-6-1)71-67-33-16-15-31-63(67)64-46-40-55(48-68(64)72(71)54-23-7-2-8-24-54)50-36-41-58(42-37-50)74(59-43-38-52(39-44-59)62-34-19-25-51-20-13-14-30-61(51)62)60-45-47-66-65-32-17-18-35-69(65)73(70(66)49-60,56-26-9-3-10-27-56)57-28-11-4-12-29-57/h1-49H. The zero-order valence-electron chi connectivity index (χ0n) is 40.7. The van der Waals surface area contributed by atoms with Crippen molar-refractivity contribution in [2.24, 2.45) is 0 Å². The Balaban J connectivity index is 0.947. The summed E-state index contributed by atoms with van der Waals surface area (Å²) in [4.78, 5) is 2.44. The van der Waals surface area contributed by atoms with Gasteiger partial charge >= 0.3 is 0 Å². The van der Waals surface area contributed by atoms with Gasteiger partial charge in [0.1, 0.15) is 0 Å². The molecule has 346 valence electrons. The average molecular weight is 940 g/mol. The highest BCUT2D eigenvalue weighted by Crippen LogP contribution is 2.57. The Morgan fingerprint density at radius 3 is 1.35 bits per heavy atom. The molecule has 1 aliphatic rings. The molecule has 1 aliphatic carbocycles. The van der Waals surface area contributed by atoms with Gasteiger partial charge in [-0.05, 0) is 153 Å². The first kappa shape index (κ1) is 43.2. The molecule has 0 heterocycles. The normalized spacial score (nSPS) is 12.4. The second kappa shape index (κ2) is 17.9. The molecule has 0 saturated heterocycles. The first-order chi connectivity index (χ1) is 36.7. The van der Waals surface area contributed by atoms with Gasteiger partial charge in [-0.15, -0.1) is 0 Å². The number of fused-ring (bicyclic) bond motifs is 7. The zero-order valence-corrected chi connectivity index (χ0v) is 40.7. The molecular weight excluding hydrogens is 891 g/mol. The Labute approximate surface area is 432 Å². The lowest BCUT2D eigenvalue weighted by molar-refractivity contribution is 0.768. The van der Waals surface area contributed by atoms with Gasteiger partial charge in [0.2, 0.25) is 0 Å². The molecule has 1 nitrogen and oxygen atoms in total. The van der Waals surface area contributed by atoms with Gasteiger partial charge < -0.3 is 4.90 Å². The van der Waals surface area contributed by atoms with E-state index in [0.717, 1.165) is 22.6 Å². The van der Waals surface area contributed by atoms with E-state index in [1.165, 1.54) is 105 Å². The van der Waals surface area contributed by atoms with Crippen molar-refractivity contribution in [2.75, 3.05) is 4.90 Å². The van der Waals surface area contributed by atoms with Crippen molar-refractivity contribution in [1.82, 2.24) is 0 Å². The van der Waals surface area contributed by atoms with Crippen molar-refractivity contribution >= 4 is 49.4 Å². The van der Waals surface area contributed by atoms with Crippen LogP contribution in [0.15, 0.2) is 297 Å². The van der Waals surface area contributed by atoms with Gasteiger partial charge in [-0.3, -0.25) is 0 Å². The molecular formula is C73H49N. The lowest BCUT2D eigenvalue weighted by Gasteiger charge is -2.35. The fourth-order valence-electron chi connectivity index (χ4n) is 12.3. The minimum atomic E-state index is -0.529. The third-order valence-electron chi connectivity index (χ3n) is 15.5. The molecule has 0 fully saturated rings. The summed E-state index contributed by atoms with van der Waals surface area (Å²) in [5.41, 5.74) is 20.0. The molecule has 0 unspecified atom stereocenters. The Morgan fingerprint density at radius 2 is 0.689 bits per heavy atom. The van der Waals surface area contributed by atoms with Crippen LogP contribution >= 0.6 is 0 Å². The molecule has 0 radical (unpaired) electrons. The fraction of sp³-hybridized carbons (Fsp3) is 0.0137. The average Bonchev–Trinajstić information content (AvgIpc) is 3.78. The molecule has 0 aliphatic heterocycles. The lowest BCUT2D eigenvalue weighted by atomic mass is 9.67. The van der Waals surface area contributed by atoms with Crippen LogP contribution in [-0.4, -0.2) is 0 Å². The predicted molar refractivity (Wildman–Crippen MR) is 313 cm³/mol. The van der Waals surface area contributed by atoms with Gasteiger partial charge in [0, 0.05) is 17.1 Å². The van der Waals surface area contributed by atoms with E-state index < -0.39 is 5.41 Å². The number of hydrogen-bond acceptors (Lipinski definition) is 1. The van der Waals surface area contributed by atoms with E-state index in [2.05, 4.69) is 302 Å². The summed E-state index contributed by atoms with van der Waals surface area (Å²) in [6.45, 7) is 0. The van der Waals surface area contributed by atoms with E-state index in [9.17, 15) is 0 Å². The highest BCUT2D eigenvalue weighted by Gasteiger charge is 2.46. The topological polar surface area (TPSA) is 3.24 Å². The summed E-state index contributed by atoms with van der Waals surface area (Å²) in [5, 5.41) is 7.49. The van der Waals surface area contributed by atoms with Crippen LogP contribution in [0.4, 0.5) is 17.1 Å². The number of anilines is 3. The quantitative estimate of drug-likeness (QED) is 0.130. The summed E-state index contributed by atoms with van der Waals surface area (Å²) in [6, 6.07) is 110. The molecule has 0 atom stereocenters. The van der Waals surface area contributed by atoms with Gasteiger partial charge in [-0.1, -0.05) is 255 Å². The Morgan fingerprint density at radius 1 is 0.230 bits per heavy atom. The summed E-state index contributed by atoms with van der Waals surface area (Å²) >= 11 is 0. The number of benzene rings is 13. The SMILES string of the molecule is c1ccc(-c2c(-c3ccccc3)c3cc(-c4ccc(N(c5ccc(-c6cccc7ccccc67)cc5)c5ccc6c(c5)C(c5ccccc5)(c5ccccc5)c5ccccc5-6)cc4)ccc3c3ccccc23)cc1. The Bertz CT molecular complexity index is 4160. The summed E-state index contributed by atoms with van der Waals surface area (Å²) in [5.74, 6) is 0. The third kappa shape index (κ3) is 7.00. The van der Waals surface area contributed by atoms with Gasteiger partial charge in [-0.25, -0.2) is 0 Å². The predicted octanol–water partition coefficient (Wildman–Crippen LogP) is 19.6. The molecule has 13 aromatic rings. The third-order valence-corrected chi connectivity index (χ3v) is 15.5. The number of rotatable bonds is 9. The van der Waals surface area contributed by atoms with Crippen LogP contribution in [0.2, 0.25) is 0 Å². The van der Waals surface area contributed by atoms with Crippen molar-refractivity contribution in [3.05, 3.63) is 320 Å². The van der Waals surface area contributed by atoms with Crippen molar-refractivity contribution in [3.63, 3.8) is 0 Å². The van der Waals surface area contributed by atoms with Crippen LogP contribution in [0.3, 0.4) is 0 Å². The molecule has 1 heteroatoms. The fourth-order valence-corrected chi connectivity index (χ4v) is 12.3. The maximum atomic E-state index is 2.46. The van der Waals surface area contributed by atoms with Crippen LogP contribution in [0.25, 0.3) is 88.0 Å². The van der Waals surface area contributed by atoms with Crippen LogP contribution in [0.1, 0.15) is 22.3 Å². The summed E-state index contributed by atoms with van der Waals surface area (Å²) < 4.78 is 0. The molecule has 0 amide bonds. The molecule has 0 aromatic heterocycles. The monoisotopic (exact) mass is 939 g/mol. The summed E-state index contributed by atoms with van der Waals surface area (Å²) in [6.07, 6.45) is 0. The summed E-state index contributed by atoms with van der Waals surface area (Å²) in [7, 11) is 0. The van der Waals surface area contributed by atoms with Crippen molar-refractivity contribution in [3.8, 4) is 55.6 Å². The van der Waals surface area contributed by atoms with E-state index in [4.69, 9.17) is 0 Å². The smallest absolute Gasteiger partial charge is 0.0714 e. The molecule has 0 saturated carbocycles. The maximum Gasteiger partial charge on any atom is 0.0714 e. The number of hydrogen-bond donors (Lipinski definition) is 0. The van der Waals surface area contributed by atoms with E-state index >= 15 is 0 Å². The van der Waals surface area contributed by atoms with Crippen LogP contribution in [-0.2, 0) is 5.41 Å². The Kier molecular flexibility index (Phi) is 10.5. The van der Waals surface area contributed by atoms with E-state index in [1.54, 1.807) is 0 Å². The zero-order chi connectivity index (χ0) is 49.0. The van der Waals surface area contributed by atoms with Crippen LogP contribution < -0.4 is 4.90 Å². The van der Waals surface area contributed by atoms with Crippen molar-refractivity contribution in [2.45, 2.75) is 5.41 Å². The van der Waals surface area contributed by atoms with Crippen LogP contribution in [0, 0.1) is 0 Å². The van der Waals surface area contributed by atoms with Gasteiger partial charge in [-0.2, -0.15) is 0 Å². The van der Waals surface area contributed by atoms with Crippen molar-refractivity contribution < 1.29 is 0 Å². The van der Waals surface area contributed by atoms with Crippen LogP contribution in [0.5, 0.6) is 0 Å². The minimum Gasteiger partial charge on any atom is -0.310 e. The first-order valence-electron chi connectivity index (χ1n) is 25.7. The molecule has 0 bridgehead atoms. The maximum absolute atomic E-state index is 2.46. The highest BCUT2D eigenvalue weighted by atomic mass is 15.1. The minimum absolute atomic E-state index is 0.529. The van der Waals surface area contributed by atoms with E-state index in [-0.39, 0.29) is 0 Å². The van der Waals surface area contributed by atoms with E-state index in [1.807, 2.05) is 0 Å². The first-order valence-corrected chi connectivity index (χ1v) is 25.7. The molecule has 0 spiro atoms. The molecule has 74 heavy (non-hydrogen) atoms. The van der Waals surface area contributed by atoms with Gasteiger partial charge in [0.25, 0.3) is 0 Å².